The lowest BCUT2D eigenvalue weighted by Gasteiger charge is -2.26. The maximum Gasteiger partial charge on any atom is 0.306 e. The number of hydrogen-bond donors (Lipinski definition) is 0. The Bertz CT molecular complexity index is 2010. The number of rotatable bonds is 93. The van der Waals surface area contributed by atoms with E-state index in [4.69, 9.17) is 18.9 Å². The minimum absolute atomic E-state index is 0.00758. The summed E-state index contributed by atoms with van der Waals surface area (Å²) in [6, 6.07) is 0.607. The average Bonchev–Trinajstić information content (AvgIpc) is 0.766. The SMILES string of the molecule is CCCCCC(CCCCC)CCOC(=O)CCCCCCCCCC(CCCCCCCCCC(=O)OCCC(CCCCC)CCC(CC)C(C)CCCC(CCCCC)CC(=O)OCCCCCCCCCCC(CCCCCCCCCCOC(=O)CC(CCCCC)CCCCC)CCN(C)C(C)C)CN(CC)CC. The van der Waals surface area contributed by atoms with Crippen LogP contribution < -0.4 is 0 Å². The van der Waals surface area contributed by atoms with Gasteiger partial charge in [0.25, 0.3) is 0 Å². The van der Waals surface area contributed by atoms with E-state index >= 15 is 0 Å². The summed E-state index contributed by atoms with van der Waals surface area (Å²) in [7, 11) is 2.30. The molecule has 10 nitrogen and oxygen atoms in total. The minimum atomic E-state index is 0.00758. The van der Waals surface area contributed by atoms with Crippen LogP contribution in [0.4, 0.5) is 0 Å². The molecule has 10 heteroatoms. The lowest BCUT2D eigenvalue weighted by atomic mass is 9.80. The first-order valence-electron chi connectivity index (χ1n) is 52.2. The second kappa shape index (κ2) is 86.7. The molecule has 0 N–H and O–H groups in total. The minimum Gasteiger partial charge on any atom is -0.466 e. The van der Waals surface area contributed by atoms with Crippen molar-refractivity contribution in [1.82, 2.24) is 9.80 Å². The molecule has 684 valence electrons. The van der Waals surface area contributed by atoms with Crippen LogP contribution in [0, 0.1) is 47.3 Å². The molecular weight excluding hydrogens is 1420 g/mol. The molecule has 0 aliphatic carbocycles. The standard InChI is InChI=1S/C105H206N2O8/c1-14-23-51-67-96(68-52-24-15-2)83-88-114-102(108)78-61-47-39-33-37-45-59-75-100(92-107(21-8)22-9)76-60-46-38-34-40-48-62-79-103(109)115-89-84-97(69-53-25-16-3)80-81-101(20-7)94(12)66-65-77-99(74-56-28-19-6)91-105(111)113-87-64-50-42-32-30-36-44-58-71-95(82-85-106(13)93(10)11)70-57-43-35-29-31-41-49-63-86-112-104(110)90-98(72-54-26-17-4)73-55-27-18-5/h93-101H,14-92H2,1-13H3. The largest absolute Gasteiger partial charge is 0.466 e. The van der Waals surface area contributed by atoms with Crippen LogP contribution in [-0.2, 0) is 38.1 Å². The summed E-state index contributed by atoms with van der Waals surface area (Å²) in [5, 5.41) is 0. The molecule has 0 radical (unpaired) electrons. The molecule has 6 unspecified atom stereocenters. The highest BCUT2D eigenvalue weighted by Gasteiger charge is 2.23. The molecule has 0 aliphatic heterocycles. The smallest absolute Gasteiger partial charge is 0.306 e. The summed E-state index contributed by atoms with van der Waals surface area (Å²) >= 11 is 0. The van der Waals surface area contributed by atoms with Gasteiger partial charge in [-0.3, -0.25) is 19.2 Å². The van der Waals surface area contributed by atoms with E-state index in [0.717, 1.165) is 101 Å². The van der Waals surface area contributed by atoms with E-state index in [1.165, 1.54) is 373 Å². The van der Waals surface area contributed by atoms with Gasteiger partial charge in [0.05, 0.1) is 26.4 Å². The first-order valence-corrected chi connectivity index (χ1v) is 52.2. The molecule has 0 aliphatic rings. The first kappa shape index (κ1) is 113. The number of carbonyl (C=O) groups excluding carboxylic acids is 4. The summed E-state index contributed by atoms with van der Waals surface area (Å²) in [4.78, 5) is 56.6. The third-order valence-electron chi connectivity index (χ3n) is 27.0. The van der Waals surface area contributed by atoms with E-state index in [-0.39, 0.29) is 23.9 Å². The molecule has 0 saturated carbocycles. The van der Waals surface area contributed by atoms with Gasteiger partial charge in [-0.05, 0) is 178 Å². The second-order valence-electron chi connectivity index (χ2n) is 37.8. The highest BCUT2D eigenvalue weighted by molar-refractivity contribution is 5.70. The molecule has 0 rings (SSSR count). The number of carbonyl (C=O) groups is 4. The molecule has 0 aromatic rings. The van der Waals surface area contributed by atoms with Gasteiger partial charge in [-0.1, -0.05) is 410 Å². The molecule has 6 atom stereocenters. The van der Waals surface area contributed by atoms with Crippen LogP contribution in [0.5, 0.6) is 0 Å². The van der Waals surface area contributed by atoms with Crippen LogP contribution in [0.3, 0.4) is 0 Å². The Balaban J connectivity index is 4.56. The maximum absolute atomic E-state index is 13.3. The fourth-order valence-corrected chi connectivity index (χ4v) is 18.4. The fourth-order valence-electron chi connectivity index (χ4n) is 18.4. The van der Waals surface area contributed by atoms with E-state index in [1.54, 1.807) is 0 Å². The Hall–Kier alpha value is -2.20. The van der Waals surface area contributed by atoms with E-state index < -0.39 is 0 Å². The molecule has 0 aromatic carbocycles. The summed E-state index contributed by atoms with van der Waals surface area (Å²) in [6.45, 7) is 34.9. The van der Waals surface area contributed by atoms with Gasteiger partial charge in [0, 0.05) is 38.3 Å². The summed E-state index contributed by atoms with van der Waals surface area (Å²) < 4.78 is 23.3. The van der Waals surface area contributed by atoms with Crippen LogP contribution >= 0.6 is 0 Å². The summed E-state index contributed by atoms with van der Waals surface area (Å²) in [5.74, 6) is 5.42. The first-order chi connectivity index (χ1) is 56.1. The topological polar surface area (TPSA) is 112 Å². The molecular formula is C105H206N2O8. The highest BCUT2D eigenvalue weighted by atomic mass is 16.5. The van der Waals surface area contributed by atoms with Gasteiger partial charge >= 0.3 is 23.9 Å². The lowest BCUT2D eigenvalue weighted by Crippen LogP contribution is -2.29. The van der Waals surface area contributed by atoms with Crippen molar-refractivity contribution in [3.05, 3.63) is 0 Å². The number of unbranched alkanes of at least 4 members (excludes halogenated alkanes) is 38. The fraction of sp³-hybridized carbons (Fsp3) is 0.962. The van der Waals surface area contributed by atoms with Crippen LogP contribution in [0.15, 0.2) is 0 Å². The van der Waals surface area contributed by atoms with Gasteiger partial charge in [-0.15, -0.1) is 0 Å². The van der Waals surface area contributed by atoms with Crippen LogP contribution in [0.2, 0.25) is 0 Å². The zero-order chi connectivity index (χ0) is 84.4. The number of ether oxygens (including phenoxy) is 4. The van der Waals surface area contributed by atoms with E-state index in [0.29, 0.717) is 87.7 Å². The molecule has 0 bridgehead atoms. The van der Waals surface area contributed by atoms with Crippen molar-refractivity contribution in [2.75, 3.05) is 59.7 Å². The van der Waals surface area contributed by atoms with Gasteiger partial charge in [0.1, 0.15) is 0 Å². The van der Waals surface area contributed by atoms with Gasteiger partial charge in [-0.2, -0.15) is 0 Å². The van der Waals surface area contributed by atoms with Gasteiger partial charge in [0.15, 0.2) is 0 Å². The summed E-state index contributed by atoms with van der Waals surface area (Å²) in [5.41, 5.74) is 0. The molecule has 0 amide bonds. The molecule has 0 saturated heterocycles. The molecule has 0 aromatic heterocycles. The van der Waals surface area contributed by atoms with Crippen LogP contribution in [-0.4, -0.2) is 99.4 Å². The lowest BCUT2D eigenvalue weighted by molar-refractivity contribution is -0.146. The highest BCUT2D eigenvalue weighted by Crippen LogP contribution is 2.33. The number of esters is 4. The molecule has 0 spiro atoms. The number of nitrogens with zero attached hydrogens (tertiary/aromatic N) is 2. The zero-order valence-electron chi connectivity index (χ0n) is 80.2. The third-order valence-corrected chi connectivity index (χ3v) is 27.0. The van der Waals surface area contributed by atoms with Crippen molar-refractivity contribution < 1.29 is 38.1 Å². The Morgan fingerprint density at radius 1 is 0.252 bits per heavy atom. The summed E-state index contributed by atoms with van der Waals surface area (Å²) in [6.07, 6.45) is 86.1. The quantitative estimate of drug-likeness (QED) is 0.0331. The van der Waals surface area contributed by atoms with Crippen molar-refractivity contribution >= 4 is 23.9 Å². The van der Waals surface area contributed by atoms with Gasteiger partial charge < -0.3 is 28.7 Å². The van der Waals surface area contributed by atoms with E-state index in [2.05, 4.69) is 99.9 Å². The average molecular weight is 1620 g/mol. The van der Waals surface area contributed by atoms with Crippen LogP contribution in [0.1, 0.15) is 539 Å². The van der Waals surface area contributed by atoms with Crippen LogP contribution in [0.25, 0.3) is 0 Å². The Kier molecular flexibility index (Phi) is 85.1. The Morgan fingerprint density at radius 2 is 0.530 bits per heavy atom. The van der Waals surface area contributed by atoms with Crippen molar-refractivity contribution in [1.29, 1.82) is 0 Å². The predicted molar refractivity (Wildman–Crippen MR) is 501 cm³/mol. The Labute approximate surface area is 719 Å². The molecule has 115 heavy (non-hydrogen) atoms. The molecule has 0 fully saturated rings. The predicted octanol–water partition coefficient (Wildman–Crippen LogP) is 32.6. The van der Waals surface area contributed by atoms with E-state index in [9.17, 15) is 19.2 Å². The third kappa shape index (κ3) is 75.3. The molecule has 0 heterocycles. The van der Waals surface area contributed by atoms with Gasteiger partial charge in [0.2, 0.25) is 0 Å². The van der Waals surface area contributed by atoms with Crippen molar-refractivity contribution in [2.24, 2.45) is 47.3 Å². The van der Waals surface area contributed by atoms with Gasteiger partial charge in [-0.25, -0.2) is 0 Å². The van der Waals surface area contributed by atoms with E-state index in [1.807, 2.05) is 0 Å². The monoisotopic (exact) mass is 1620 g/mol. The normalized spacial score (nSPS) is 13.5. The Morgan fingerprint density at radius 3 is 0.861 bits per heavy atom. The van der Waals surface area contributed by atoms with Crippen molar-refractivity contribution in [3.63, 3.8) is 0 Å². The van der Waals surface area contributed by atoms with Crippen molar-refractivity contribution in [3.8, 4) is 0 Å². The van der Waals surface area contributed by atoms with Crippen molar-refractivity contribution in [2.45, 2.75) is 545 Å². The zero-order valence-corrected chi connectivity index (χ0v) is 80.2. The number of hydrogen-bond acceptors (Lipinski definition) is 10. The maximum atomic E-state index is 13.3. The second-order valence-corrected chi connectivity index (χ2v) is 37.8.